The Morgan fingerprint density at radius 2 is 1.49 bits per heavy atom. The zero-order valence-corrected chi connectivity index (χ0v) is 26.0. The maximum Gasteiger partial charge on any atom is 0.417 e. The van der Waals surface area contributed by atoms with Gasteiger partial charge in [0.05, 0.1) is 0 Å². The van der Waals surface area contributed by atoms with Gasteiger partial charge in [-0.1, -0.05) is 132 Å². The quantitative estimate of drug-likeness (QED) is 0.143. The van der Waals surface area contributed by atoms with Crippen LogP contribution in [0.1, 0.15) is 59.1 Å². The van der Waals surface area contributed by atoms with E-state index in [1.165, 1.54) is 15.3 Å². The molecular weight excluding hydrogens is 526 g/mol. The van der Waals surface area contributed by atoms with Crippen LogP contribution < -0.4 is 10.4 Å². The van der Waals surface area contributed by atoms with Crippen molar-refractivity contribution in [2.45, 2.75) is 58.5 Å². The summed E-state index contributed by atoms with van der Waals surface area (Å²) in [6.07, 6.45) is 2.71. The number of hydrogen-bond acceptors (Lipinski definition) is 4. The van der Waals surface area contributed by atoms with Crippen molar-refractivity contribution < 1.29 is 18.8 Å². The molecule has 0 radical (unpaired) electrons. The van der Waals surface area contributed by atoms with E-state index < -0.39 is 31.8 Å². The van der Waals surface area contributed by atoms with Crippen LogP contribution in [0.3, 0.4) is 0 Å². The molecule has 5 nitrogen and oxygen atoms in total. The molecule has 1 heterocycles. The molecule has 6 heteroatoms. The largest absolute Gasteiger partial charge is 0.446 e. The number of allylic oxidation sites excluding steroid dienone is 1. The smallest absolute Gasteiger partial charge is 0.417 e. The fraction of sp³-hybridized carbons (Fsp3) is 0.371. The second-order valence-electron chi connectivity index (χ2n) is 12.3. The Morgan fingerprint density at radius 1 is 0.976 bits per heavy atom. The van der Waals surface area contributed by atoms with E-state index in [1.54, 1.807) is 0 Å². The Bertz CT molecular complexity index is 1280. The summed E-state index contributed by atoms with van der Waals surface area (Å²) in [7, 11) is -2.64. The Hall–Kier alpha value is -3.48. The van der Waals surface area contributed by atoms with Crippen LogP contribution in [0.15, 0.2) is 104 Å². The number of carbonyl (C=O) groups is 2. The maximum absolute atomic E-state index is 13.8. The third-order valence-corrected chi connectivity index (χ3v) is 13.8. The number of cyclic esters (lactones) is 1. The molecule has 216 valence electrons. The van der Waals surface area contributed by atoms with Crippen molar-refractivity contribution in [1.82, 2.24) is 4.90 Å². The molecule has 0 spiro atoms. The van der Waals surface area contributed by atoms with Crippen molar-refractivity contribution >= 4 is 30.7 Å². The van der Waals surface area contributed by atoms with Crippen LogP contribution >= 0.6 is 0 Å². The summed E-state index contributed by atoms with van der Waals surface area (Å²) in [6.45, 7) is 15.6. The van der Waals surface area contributed by atoms with Crippen molar-refractivity contribution in [3.05, 3.63) is 109 Å². The highest BCUT2D eigenvalue weighted by Gasteiger charge is 2.50. The van der Waals surface area contributed by atoms with E-state index in [2.05, 4.69) is 75.9 Å². The fourth-order valence-electron chi connectivity index (χ4n) is 6.01. The van der Waals surface area contributed by atoms with E-state index in [1.807, 2.05) is 62.4 Å². The standard InChI is InChI=1S/C35H43NO4Si/c1-7-35(6,27(2)32(37)36-31(26-39-33(36)38)28-18-11-8-12-19-28)24-17-25-40-41(34(3,4)5,29-20-13-9-14-21-29)30-22-15-10-16-23-30/h7-16,18-23,27,31H,1,17,24-26H2,2-6H3/t27-,31+,35-/m1/s1. The molecule has 1 saturated heterocycles. The first-order valence-electron chi connectivity index (χ1n) is 14.5. The van der Waals surface area contributed by atoms with Gasteiger partial charge in [-0.25, -0.2) is 9.69 Å². The summed E-state index contributed by atoms with van der Waals surface area (Å²) in [5.74, 6) is -0.707. The molecule has 1 aliphatic heterocycles. The molecule has 3 aromatic rings. The first-order chi connectivity index (χ1) is 19.5. The Morgan fingerprint density at radius 3 is 1.98 bits per heavy atom. The summed E-state index contributed by atoms with van der Waals surface area (Å²) >= 11 is 0. The average Bonchev–Trinajstić information content (AvgIpc) is 3.38. The molecule has 4 rings (SSSR count). The molecule has 0 aliphatic carbocycles. The van der Waals surface area contributed by atoms with Crippen molar-refractivity contribution in [2.24, 2.45) is 11.3 Å². The van der Waals surface area contributed by atoms with Gasteiger partial charge in [-0.3, -0.25) is 4.79 Å². The van der Waals surface area contributed by atoms with Crippen LogP contribution in [0.25, 0.3) is 0 Å². The van der Waals surface area contributed by atoms with Gasteiger partial charge in [-0.15, -0.1) is 6.58 Å². The summed E-state index contributed by atoms with van der Waals surface area (Å²) in [4.78, 5) is 27.8. The third-order valence-electron chi connectivity index (χ3n) is 8.72. The highest BCUT2D eigenvalue weighted by molar-refractivity contribution is 6.99. The Labute approximate surface area is 246 Å². The van der Waals surface area contributed by atoms with E-state index >= 15 is 0 Å². The van der Waals surface area contributed by atoms with Gasteiger partial charge >= 0.3 is 6.09 Å². The van der Waals surface area contributed by atoms with Gasteiger partial charge in [-0.2, -0.15) is 0 Å². The minimum absolute atomic E-state index is 0.108. The zero-order chi connectivity index (χ0) is 29.7. The number of rotatable bonds is 11. The lowest BCUT2D eigenvalue weighted by atomic mass is 9.74. The lowest BCUT2D eigenvalue weighted by Gasteiger charge is -2.43. The highest BCUT2D eigenvalue weighted by Crippen LogP contribution is 2.40. The van der Waals surface area contributed by atoms with Gasteiger partial charge in [0.2, 0.25) is 5.91 Å². The molecular formula is C35H43NO4Si. The summed E-state index contributed by atoms with van der Waals surface area (Å²) < 4.78 is 12.4. The fourth-order valence-corrected chi connectivity index (χ4v) is 10.6. The third kappa shape index (κ3) is 6.09. The number of ether oxygens (including phenoxy) is 1. The van der Waals surface area contributed by atoms with Gasteiger partial charge < -0.3 is 9.16 Å². The number of nitrogens with zero attached hydrogens (tertiary/aromatic N) is 1. The lowest BCUT2D eigenvalue weighted by Crippen LogP contribution is -2.66. The molecule has 0 saturated carbocycles. The molecule has 0 unspecified atom stereocenters. The summed E-state index contributed by atoms with van der Waals surface area (Å²) in [5, 5.41) is 2.38. The van der Waals surface area contributed by atoms with Crippen LogP contribution in [0.2, 0.25) is 5.04 Å². The monoisotopic (exact) mass is 569 g/mol. The van der Waals surface area contributed by atoms with Crippen molar-refractivity contribution in [1.29, 1.82) is 0 Å². The Balaban J connectivity index is 1.52. The van der Waals surface area contributed by atoms with Crippen LogP contribution in [0.5, 0.6) is 0 Å². The predicted octanol–water partition coefficient (Wildman–Crippen LogP) is 6.89. The topological polar surface area (TPSA) is 55.8 Å². The average molecular weight is 570 g/mol. The number of carbonyl (C=O) groups excluding carboxylic acids is 2. The number of imide groups is 1. The molecule has 1 aliphatic rings. The zero-order valence-electron chi connectivity index (χ0n) is 25.0. The van der Waals surface area contributed by atoms with Crippen LogP contribution in [0.4, 0.5) is 4.79 Å². The van der Waals surface area contributed by atoms with Crippen LogP contribution in [-0.2, 0) is 14.0 Å². The first kappa shape index (κ1) is 30.5. The minimum atomic E-state index is -2.64. The first-order valence-corrected chi connectivity index (χ1v) is 16.4. The predicted molar refractivity (Wildman–Crippen MR) is 168 cm³/mol. The molecule has 3 aromatic carbocycles. The van der Waals surface area contributed by atoms with Crippen molar-refractivity contribution in [3.63, 3.8) is 0 Å². The molecule has 0 N–H and O–H groups in total. The minimum Gasteiger partial charge on any atom is -0.446 e. The maximum atomic E-state index is 13.8. The van der Waals surface area contributed by atoms with E-state index in [9.17, 15) is 9.59 Å². The van der Waals surface area contributed by atoms with Gasteiger partial charge in [-0.05, 0) is 39.2 Å². The van der Waals surface area contributed by atoms with E-state index in [4.69, 9.17) is 9.16 Å². The van der Waals surface area contributed by atoms with Crippen molar-refractivity contribution in [2.75, 3.05) is 13.2 Å². The van der Waals surface area contributed by atoms with Crippen LogP contribution in [0, 0.1) is 11.3 Å². The highest BCUT2D eigenvalue weighted by atomic mass is 28.4. The molecule has 3 atom stereocenters. The van der Waals surface area contributed by atoms with Gasteiger partial charge in [0.15, 0.2) is 0 Å². The summed E-state index contributed by atoms with van der Waals surface area (Å²) in [5.41, 5.74) is 0.355. The molecule has 1 fully saturated rings. The van der Waals surface area contributed by atoms with E-state index in [0.29, 0.717) is 13.0 Å². The van der Waals surface area contributed by atoms with Gasteiger partial charge in [0.1, 0.15) is 12.6 Å². The van der Waals surface area contributed by atoms with E-state index in [0.717, 1.165) is 12.0 Å². The van der Waals surface area contributed by atoms with Gasteiger partial charge in [0.25, 0.3) is 8.32 Å². The molecule has 0 bridgehead atoms. The Kier molecular flexibility index (Phi) is 9.35. The molecule has 0 aromatic heterocycles. The van der Waals surface area contributed by atoms with E-state index in [-0.39, 0.29) is 17.6 Å². The van der Waals surface area contributed by atoms with Crippen molar-refractivity contribution in [3.8, 4) is 0 Å². The van der Waals surface area contributed by atoms with Crippen LogP contribution in [-0.4, -0.2) is 38.4 Å². The summed E-state index contributed by atoms with van der Waals surface area (Å²) in [6, 6.07) is 30.4. The second-order valence-corrected chi connectivity index (χ2v) is 16.6. The molecule has 41 heavy (non-hydrogen) atoms. The lowest BCUT2D eigenvalue weighted by molar-refractivity contribution is -0.136. The SMILES string of the molecule is C=C[C@](C)(CCCO[Si](c1ccccc1)(c1ccccc1)C(C)(C)C)[C@H](C)C(=O)N1C(=O)OC[C@H]1c1ccccc1. The van der Waals surface area contributed by atoms with Gasteiger partial charge in [0, 0.05) is 12.5 Å². The number of benzene rings is 3. The number of hydrogen-bond donors (Lipinski definition) is 0. The molecule has 2 amide bonds. The normalized spacial score (nSPS) is 17.9. The number of amides is 2. The second kappa shape index (κ2) is 12.6.